The summed E-state index contributed by atoms with van der Waals surface area (Å²) >= 11 is 0. The van der Waals surface area contributed by atoms with Crippen molar-refractivity contribution in [3.05, 3.63) is 22.9 Å². The van der Waals surface area contributed by atoms with Crippen LogP contribution in [0.3, 0.4) is 0 Å². The minimum Gasteiger partial charge on any atom is -0.368 e. The number of nitrogens with one attached hydrogen (secondary N) is 1. The van der Waals surface area contributed by atoms with Gasteiger partial charge in [0.1, 0.15) is 11.9 Å². The minimum atomic E-state index is 0.662. The fraction of sp³-hybridized carbons (Fsp3) is 0.571. The summed E-state index contributed by atoms with van der Waals surface area (Å²) in [6.45, 7) is 5.73. The molecule has 18 heavy (non-hydrogen) atoms. The van der Waals surface area contributed by atoms with Gasteiger partial charge in [0, 0.05) is 24.8 Å². The van der Waals surface area contributed by atoms with Crippen LogP contribution in [0, 0.1) is 25.2 Å². The Balaban J connectivity index is 1.97. The van der Waals surface area contributed by atoms with Crippen molar-refractivity contribution in [1.29, 1.82) is 5.26 Å². The van der Waals surface area contributed by atoms with E-state index in [1.165, 1.54) is 12.8 Å². The maximum absolute atomic E-state index is 9.16. The molecule has 0 aromatic carbocycles. The van der Waals surface area contributed by atoms with E-state index in [-0.39, 0.29) is 0 Å². The third-order valence-corrected chi connectivity index (χ3v) is 3.38. The predicted octanol–water partition coefficient (Wildman–Crippen LogP) is 2.08. The molecule has 1 aliphatic rings. The molecule has 1 N–H and O–H groups in total. The van der Waals surface area contributed by atoms with Crippen molar-refractivity contribution in [2.24, 2.45) is 0 Å². The zero-order valence-electron chi connectivity index (χ0n) is 11.3. The van der Waals surface area contributed by atoms with E-state index in [2.05, 4.69) is 28.3 Å². The lowest BCUT2D eigenvalue weighted by Gasteiger charge is -2.16. The molecule has 1 aliphatic carbocycles. The van der Waals surface area contributed by atoms with E-state index in [1.54, 1.807) is 0 Å². The molecule has 2 rings (SSSR count). The number of hydrogen-bond acceptors (Lipinski definition) is 4. The Morgan fingerprint density at radius 2 is 2.22 bits per heavy atom. The molecule has 1 heterocycles. The Morgan fingerprint density at radius 3 is 2.83 bits per heavy atom. The molecule has 0 bridgehead atoms. The van der Waals surface area contributed by atoms with Crippen LogP contribution >= 0.6 is 0 Å². The maximum atomic E-state index is 9.16. The Kier molecular flexibility index (Phi) is 3.83. The van der Waals surface area contributed by atoms with Crippen molar-refractivity contribution < 1.29 is 0 Å². The Labute approximate surface area is 109 Å². The maximum Gasteiger partial charge on any atom is 0.144 e. The summed E-state index contributed by atoms with van der Waals surface area (Å²) in [6, 6.07) is 4.94. The Morgan fingerprint density at radius 1 is 1.50 bits per heavy atom. The number of nitrogens with zero attached hydrogens (tertiary/aromatic N) is 3. The third kappa shape index (κ3) is 2.99. The summed E-state index contributed by atoms with van der Waals surface area (Å²) < 4.78 is 0. The first-order valence-electron chi connectivity index (χ1n) is 6.44. The lowest BCUT2D eigenvalue weighted by molar-refractivity contribution is 0.337. The van der Waals surface area contributed by atoms with Crippen LogP contribution < -0.4 is 5.32 Å². The van der Waals surface area contributed by atoms with Crippen molar-refractivity contribution in [3.8, 4) is 6.07 Å². The van der Waals surface area contributed by atoms with Gasteiger partial charge in [-0.3, -0.25) is 0 Å². The lowest BCUT2D eigenvalue weighted by atomic mass is 10.1. The van der Waals surface area contributed by atoms with Gasteiger partial charge in [0.05, 0.1) is 5.56 Å². The van der Waals surface area contributed by atoms with E-state index in [4.69, 9.17) is 5.26 Å². The van der Waals surface area contributed by atoms with Gasteiger partial charge < -0.3 is 10.2 Å². The van der Waals surface area contributed by atoms with E-state index in [0.717, 1.165) is 36.2 Å². The third-order valence-electron chi connectivity index (χ3n) is 3.38. The van der Waals surface area contributed by atoms with Gasteiger partial charge in [0.2, 0.25) is 0 Å². The monoisotopic (exact) mass is 244 g/mol. The summed E-state index contributed by atoms with van der Waals surface area (Å²) in [6.07, 6.45) is 2.64. The average Bonchev–Trinajstić information content (AvgIpc) is 3.12. The molecule has 96 valence electrons. The number of aryl methyl sites for hydroxylation is 2. The highest BCUT2D eigenvalue weighted by atomic mass is 15.2. The first-order valence-corrected chi connectivity index (χ1v) is 6.44. The highest BCUT2D eigenvalue weighted by Crippen LogP contribution is 2.25. The van der Waals surface area contributed by atoms with Crippen molar-refractivity contribution in [2.75, 3.05) is 25.5 Å². The van der Waals surface area contributed by atoms with E-state index < -0.39 is 0 Å². The number of aromatic nitrogens is 1. The fourth-order valence-corrected chi connectivity index (χ4v) is 2.15. The number of nitriles is 1. The zero-order chi connectivity index (χ0) is 13.1. The second kappa shape index (κ2) is 5.36. The molecule has 4 heteroatoms. The molecule has 1 aromatic rings. The lowest BCUT2D eigenvalue weighted by Crippen LogP contribution is -2.27. The second-order valence-corrected chi connectivity index (χ2v) is 5.05. The largest absolute Gasteiger partial charge is 0.368 e. The first-order chi connectivity index (χ1) is 8.61. The highest BCUT2D eigenvalue weighted by molar-refractivity contribution is 5.56. The van der Waals surface area contributed by atoms with Gasteiger partial charge in [0.25, 0.3) is 0 Å². The molecule has 1 saturated carbocycles. The fourth-order valence-electron chi connectivity index (χ4n) is 2.15. The molecule has 0 amide bonds. The summed E-state index contributed by atoms with van der Waals surface area (Å²) in [7, 11) is 2.15. The van der Waals surface area contributed by atoms with Crippen LogP contribution in [0.2, 0.25) is 0 Å². The first kappa shape index (κ1) is 12.8. The van der Waals surface area contributed by atoms with Gasteiger partial charge in [-0.25, -0.2) is 4.98 Å². The molecule has 1 fully saturated rings. The van der Waals surface area contributed by atoms with Gasteiger partial charge in [-0.05, 0) is 45.4 Å². The minimum absolute atomic E-state index is 0.662. The number of rotatable bonds is 5. The predicted molar refractivity (Wildman–Crippen MR) is 72.6 cm³/mol. The molecule has 1 aromatic heterocycles. The van der Waals surface area contributed by atoms with Crippen LogP contribution in [0.4, 0.5) is 5.82 Å². The molecule has 0 atom stereocenters. The molecular formula is C14H20N4. The highest BCUT2D eigenvalue weighted by Gasteiger charge is 2.25. The van der Waals surface area contributed by atoms with Crippen LogP contribution in [0.25, 0.3) is 0 Å². The standard InChI is InChI=1S/C14H20N4/c1-10-8-11(2)17-14(13(10)9-15)16-6-7-18(3)12-4-5-12/h8,12H,4-7H2,1-3H3,(H,16,17). The number of hydrogen-bond donors (Lipinski definition) is 1. The summed E-state index contributed by atoms with van der Waals surface area (Å²) in [5.41, 5.74) is 2.60. The molecular weight excluding hydrogens is 224 g/mol. The smallest absolute Gasteiger partial charge is 0.144 e. The van der Waals surface area contributed by atoms with Crippen molar-refractivity contribution in [1.82, 2.24) is 9.88 Å². The van der Waals surface area contributed by atoms with E-state index in [0.29, 0.717) is 5.56 Å². The molecule has 0 aliphatic heterocycles. The summed E-state index contributed by atoms with van der Waals surface area (Å²) in [4.78, 5) is 6.77. The van der Waals surface area contributed by atoms with Crippen LogP contribution in [0.5, 0.6) is 0 Å². The van der Waals surface area contributed by atoms with Crippen LogP contribution in [-0.2, 0) is 0 Å². The van der Waals surface area contributed by atoms with Crippen molar-refractivity contribution in [2.45, 2.75) is 32.7 Å². The number of anilines is 1. The topological polar surface area (TPSA) is 52.0 Å². The second-order valence-electron chi connectivity index (χ2n) is 5.05. The van der Waals surface area contributed by atoms with Gasteiger partial charge in [0.15, 0.2) is 0 Å². The van der Waals surface area contributed by atoms with Gasteiger partial charge >= 0.3 is 0 Å². The molecule has 0 saturated heterocycles. The molecule has 4 nitrogen and oxygen atoms in total. The average molecular weight is 244 g/mol. The van der Waals surface area contributed by atoms with Crippen LogP contribution in [0.15, 0.2) is 6.07 Å². The molecule has 0 unspecified atom stereocenters. The van der Waals surface area contributed by atoms with Crippen molar-refractivity contribution >= 4 is 5.82 Å². The summed E-state index contributed by atoms with van der Waals surface area (Å²) in [5.74, 6) is 0.721. The van der Waals surface area contributed by atoms with Gasteiger partial charge in [-0.15, -0.1) is 0 Å². The molecule has 0 spiro atoms. The molecule has 0 radical (unpaired) electrons. The van der Waals surface area contributed by atoms with E-state index in [9.17, 15) is 0 Å². The van der Waals surface area contributed by atoms with Gasteiger partial charge in [-0.2, -0.15) is 5.26 Å². The quantitative estimate of drug-likeness (QED) is 0.861. The van der Waals surface area contributed by atoms with Gasteiger partial charge in [-0.1, -0.05) is 0 Å². The normalized spacial score (nSPS) is 14.6. The number of pyridine rings is 1. The Hall–Kier alpha value is -1.60. The summed E-state index contributed by atoms with van der Waals surface area (Å²) in [5, 5.41) is 12.4. The van der Waals surface area contributed by atoms with Crippen LogP contribution in [0.1, 0.15) is 29.7 Å². The SMILES string of the molecule is Cc1cc(C)c(C#N)c(NCCN(C)C2CC2)n1. The van der Waals surface area contributed by atoms with Crippen LogP contribution in [-0.4, -0.2) is 36.1 Å². The zero-order valence-corrected chi connectivity index (χ0v) is 11.3. The van der Waals surface area contributed by atoms with E-state index in [1.807, 2.05) is 19.9 Å². The van der Waals surface area contributed by atoms with Crippen molar-refractivity contribution in [3.63, 3.8) is 0 Å². The Bertz CT molecular complexity index is 471. The number of likely N-dealkylation sites (N-methyl/N-ethyl adjacent to an activating group) is 1. The van der Waals surface area contributed by atoms with E-state index >= 15 is 0 Å².